The Morgan fingerprint density at radius 3 is 1.48 bits per heavy atom. The second kappa shape index (κ2) is 6.22. The Kier molecular flexibility index (Phi) is 4.28. The summed E-state index contributed by atoms with van der Waals surface area (Å²) in [5, 5.41) is 0.765. The summed E-state index contributed by atoms with van der Waals surface area (Å²) in [6, 6.07) is 25.4. The van der Waals surface area contributed by atoms with Gasteiger partial charge in [-0.3, -0.25) is 0 Å². The van der Waals surface area contributed by atoms with Crippen molar-refractivity contribution in [2.75, 3.05) is 0 Å². The maximum Gasteiger partial charge on any atom is 0.0406 e. The van der Waals surface area contributed by atoms with Crippen LogP contribution in [0.1, 0.15) is 26.3 Å². The van der Waals surface area contributed by atoms with Gasteiger partial charge in [-0.1, -0.05) is 93.0 Å². The minimum atomic E-state index is 0.175. The van der Waals surface area contributed by atoms with Crippen molar-refractivity contribution in [2.45, 2.75) is 26.2 Å². The van der Waals surface area contributed by atoms with Gasteiger partial charge in [0, 0.05) is 5.02 Å². The minimum Gasteiger partial charge on any atom is -0.0843 e. The Morgan fingerprint density at radius 2 is 1.04 bits per heavy atom. The first kappa shape index (κ1) is 15.8. The van der Waals surface area contributed by atoms with Crippen molar-refractivity contribution < 1.29 is 0 Å². The Bertz CT molecular complexity index is 791. The van der Waals surface area contributed by atoms with Gasteiger partial charge in [-0.15, -0.1) is 0 Å². The van der Waals surface area contributed by atoms with Crippen LogP contribution in [0.15, 0.2) is 72.8 Å². The van der Waals surface area contributed by atoms with Gasteiger partial charge in [-0.05, 0) is 45.4 Å². The molecular formula is C22H21Cl. The van der Waals surface area contributed by atoms with Gasteiger partial charge in [-0.2, -0.15) is 0 Å². The molecule has 0 aromatic heterocycles. The van der Waals surface area contributed by atoms with Gasteiger partial charge < -0.3 is 0 Å². The van der Waals surface area contributed by atoms with Crippen molar-refractivity contribution in [1.29, 1.82) is 0 Å². The fraction of sp³-hybridized carbons (Fsp3) is 0.182. The van der Waals surface area contributed by atoms with Crippen LogP contribution in [0.3, 0.4) is 0 Å². The molecule has 0 N–H and O–H groups in total. The Hall–Kier alpha value is -2.05. The molecule has 0 radical (unpaired) electrons. The lowest BCUT2D eigenvalue weighted by molar-refractivity contribution is 0.590. The van der Waals surface area contributed by atoms with Crippen LogP contribution < -0.4 is 0 Å². The third-order valence-electron chi connectivity index (χ3n) is 4.14. The summed E-state index contributed by atoms with van der Waals surface area (Å²) in [4.78, 5) is 0. The number of hydrogen-bond donors (Lipinski definition) is 0. The Labute approximate surface area is 143 Å². The molecule has 23 heavy (non-hydrogen) atoms. The predicted octanol–water partition coefficient (Wildman–Crippen LogP) is 6.97. The molecule has 0 atom stereocenters. The molecule has 0 heterocycles. The van der Waals surface area contributed by atoms with Gasteiger partial charge in [0.25, 0.3) is 0 Å². The van der Waals surface area contributed by atoms with Crippen LogP contribution in [0.2, 0.25) is 5.02 Å². The first-order valence-electron chi connectivity index (χ1n) is 7.91. The quantitative estimate of drug-likeness (QED) is 0.478. The normalized spacial score (nSPS) is 11.5. The first-order valence-corrected chi connectivity index (χ1v) is 8.29. The molecule has 0 saturated heterocycles. The van der Waals surface area contributed by atoms with E-state index in [2.05, 4.69) is 81.4 Å². The first-order chi connectivity index (χ1) is 10.9. The fourth-order valence-electron chi connectivity index (χ4n) is 2.77. The summed E-state index contributed by atoms with van der Waals surface area (Å²) in [5.74, 6) is 0. The van der Waals surface area contributed by atoms with Crippen molar-refractivity contribution in [3.63, 3.8) is 0 Å². The van der Waals surface area contributed by atoms with Crippen LogP contribution in [-0.2, 0) is 5.41 Å². The second-order valence-electron chi connectivity index (χ2n) is 6.88. The van der Waals surface area contributed by atoms with Crippen molar-refractivity contribution in [1.82, 2.24) is 0 Å². The molecule has 0 nitrogen and oxygen atoms in total. The molecular weight excluding hydrogens is 300 g/mol. The molecule has 0 aliphatic rings. The third-order valence-corrected chi connectivity index (χ3v) is 4.40. The van der Waals surface area contributed by atoms with E-state index in [4.69, 9.17) is 11.6 Å². The van der Waals surface area contributed by atoms with Crippen LogP contribution in [0.25, 0.3) is 22.3 Å². The van der Waals surface area contributed by atoms with Crippen LogP contribution in [0, 0.1) is 0 Å². The number of halogens is 1. The molecule has 0 bridgehead atoms. The molecule has 0 spiro atoms. The zero-order valence-corrected chi connectivity index (χ0v) is 14.6. The molecule has 0 saturated carbocycles. The molecule has 3 rings (SSSR count). The number of hydrogen-bond acceptors (Lipinski definition) is 0. The highest BCUT2D eigenvalue weighted by Crippen LogP contribution is 2.33. The Balaban J connectivity index is 2.05. The molecule has 3 aromatic rings. The van der Waals surface area contributed by atoms with E-state index >= 15 is 0 Å². The van der Waals surface area contributed by atoms with Gasteiger partial charge in [0.1, 0.15) is 0 Å². The third kappa shape index (κ3) is 3.48. The van der Waals surface area contributed by atoms with Crippen molar-refractivity contribution in [3.8, 4) is 22.3 Å². The summed E-state index contributed by atoms with van der Waals surface area (Å²) >= 11 is 6.02. The monoisotopic (exact) mass is 320 g/mol. The summed E-state index contributed by atoms with van der Waals surface area (Å²) in [7, 11) is 0. The van der Waals surface area contributed by atoms with E-state index in [1.54, 1.807) is 0 Å². The van der Waals surface area contributed by atoms with Crippen LogP contribution in [-0.4, -0.2) is 0 Å². The lowest BCUT2D eigenvalue weighted by Gasteiger charge is -2.19. The average molecular weight is 321 g/mol. The van der Waals surface area contributed by atoms with Crippen LogP contribution in [0.4, 0.5) is 0 Å². The molecule has 0 fully saturated rings. The van der Waals surface area contributed by atoms with E-state index in [-0.39, 0.29) is 5.41 Å². The average Bonchev–Trinajstić information content (AvgIpc) is 2.55. The second-order valence-corrected chi connectivity index (χ2v) is 7.32. The van der Waals surface area contributed by atoms with E-state index in [0.29, 0.717) is 0 Å². The van der Waals surface area contributed by atoms with Gasteiger partial charge in [0.15, 0.2) is 0 Å². The van der Waals surface area contributed by atoms with Crippen molar-refractivity contribution >= 4 is 11.6 Å². The molecule has 116 valence electrons. The van der Waals surface area contributed by atoms with Crippen molar-refractivity contribution in [3.05, 3.63) is 83.4 Å². The minimum absolute atomic E-state index is 0.175. The highest BCUT2D eigenvalue weighted by Gasteiger charge is 2.14. The zero-order chi connectivity index (χ0) is 16.4. The van der Waals surface area contributed by atoms with E-state index in [9.17, 15) is 0 Å². The fourth-order valence-corrected chi connectivity index (χ4v) is 2.89. The van der Waals surface area contributed by atoms with Gasteiger partial charge >= 0.3 is 0 Å². The lowest BCUT2D eigenvalue weighted by Crippen LogP contribution is -2.10. The van der Waals surface area contributed by atoms with Gasteiger partial charge in [0.2, 0.25) is 0 Å². The highest BCUT2D eigenvalue weighted by atomic mass is 35.5. The van der Waals surface area contributed by atoms with Crippen LogP contribution in [0.5, 0.6) is 0 Å². The molecule has 0 unspecified atom stereocenters. The van der Waals surface area contributed by atoms with E-state index in [1.165, 1.54) is 27.8 Å². The van der Waals surface area contributed by atoms with Gasteiger partial charge in [-0.25, -0.2) is 0 Å². The van der Waals surface area contributed by atoms with Crippen LogP contribution >= 0.6 is 11.6 Å². The summed E-state index contributed by atoms with van der Waals surface area (Å²) in [6.45, 7) is 6.72. The lowest BCUT2D eigenvalue weighted by atomic mass is 9.85. The maximum absolute atomic E-state index is 6.02. The summed E-state index contributed by atoms with van der Waals surface area (Å²) in [5.41, 5.74) is 6.43. The molecule has 1 heteroatoms. The van der Waals surface area contributed by atoms with E-state index in [0.717, 1.165) is 5.02 Å². The Morgan fingerprint density at radius 1 is 0.609 bits per heavy atom. The summed E-state index contributed by atoms with van der Waals surface area (Å²) < 4.78 is 0. The van der Waals surface area contributed by atoms with Crippen molar-refractivity contribution in [2.24, 2.45) is 0 Å². The molecule has 0 amide bonds. The highest BCUT2D eigenvalue weighted by molar-refractivity contribution is 6.30. The molecule has 0 aliphatic carbocycles. The topological polar surface area (TPSA) is 0 Å². The standard InChI is InChI=1S/C22H21Cl/c1-22(2,3)18-12-8-16(9-13-18)20-6-4-5-7-21(20)17-10-14-19(23)15-11-17/h4-15H,1-3H3. The summed E-state index contributed by atoms with van der Waals surface area (Å²) in [6.07, 6.45) is 0. The van der Waals surface area contributed by atoms with E-state index in [1.807, 2.05) is 12.1 Å². The number of rotatable bonds is 2. The smallest absolute Gasteiger partial charge is 0.0406 e. The molecule has 3 aromatic carbocycles. The number of benzene rings is 3. The van der Waals surface area contributed by atoms with Gasteiger partial charge in [0.05, 0.1) is 0 Å². The molecule has 0 aliphatic heterocycles. The van der Waals surface area contributed by atoms with E-state index < -0.39 is 0 Å². The maximum atomic E-state index is 6.02. The predicted molar refractivity (Wildman–Crippen MR) is 101 cm³/mol. The SMILES string of the molecule is CC(C)(C)c1ccc(-c2ccccc2-c2ccc(Cl)cc2)cc1. The zero-order valence-electron chi connectivity index (χ0n) is 13.8. The largest absolute Gasteiger partial charge is 0.0843 e.